The number of hydrogen-bond donors (Lipinski definition) is 3. The van der Waals surface area contributed by atoms with Gasteiger partial charge in [0.25, 0.3) is 5.91 Å². The van der Waals surface area contributed by atoms with Gasteiger partial charge in [0, 0.05) is 25.4 Å². The quantitative estimate of drug-likeness (QED) is 0.270. The maximum Gasteiger partial charge on any atom is 0.253 e. The van der Waals surface area contributed by atoms with E-state index in [0.717, 1.165) is 36.2 Å². The number of anilines is 1. The Bertz CT molecular complexity index is 872. The molecule has 1 fully saturated rings. The normalized spacial score (nSPS) is 15.8. The molecular weight excluding hydrogens is 510 g/mol. The Balaban J connectivity index is 0.00000341. The number of nitrogens with one attached hydrogen (secondary N) is 3. The third-order valence-electron chi connectivity index (χ3n) is 4.78. The molecule has 3 N–H and O–H groups in total. The van der Waals surface area contributed by atoms with Gasteiger partial charge < -0.3 is 20.7 Å². The number of carbonyl (C=O) groups is 1. The average molecular weight is 540 g/mol. The molecule has 1 amide bonds. The molecule has 1 aliphatic heterocycles. The SMILES string of the molecule is CCNC(=NCc1cccc(NC(=O)C2CCCO2)c1)NCCc1cccc(F)c1.I. The number of halogens is 2. The topological polar surface area (TPSA) is 74.8 Å². The fraction of sp³-hybridized carbons (Fsp3) is 0.391. The number of nitrogens with zero attached hydrogens (tertiary/aromatic N) is 1. The predicted octanol–water partition coefficient (Wildman–Crippen LogP) is 3.86. The summed E-state index contributed by atoms with van der Waals surface area (Å²) in [7, 11) is 0. The Morgan fingerprint density at radius 3 is 2.71 bits per heavy atom. The number of amides is 1. The van der Waals surface area contributed by atoms with Crippen molar-refractivity contribution in [3.05, 3.63) is 65.5 Å². The van der Waals surface area contributed by atoms with Crippen molar-refractivity contribution in [2.75, 3.05) is 25.0 Å². The van der Waals surface area contributed by atoms with Gasteiger partial charge >= 0.3 is 0 Å². The summed E-state index contributed by atoms with van der Waals surface area (Å²) >= 11 is 0. The second-order valence-corrected chi connectivity index (χ2v) is 7.19. The summed E-state index contributed by atoms with van der Waals surface area (Å²) in [5.74, 6) is 0.378. The number of guanidine groups is 1. The van der Waals surface area contributed by atoms with Gasteiger partial charge in [0.2, 0.25) is 0 Å². The molecule has 2 aromatic rings. The van der Waals surface area contributed by atoms with Crippen LogP contribution < -0.4 is 16.0 Å². The Kier molecular flexibility index (Phi) is 10.7. The molecule has 3 rings (SSSR count). The summed E-state index contributed by atoms with van der Waals surface area (Å²) in [5, 5.41) is 9.41. The van der Waals surface area contributed by atoms with Crippen LogP contribution in [0.2, 0.25) is 0 Å². The number of aliphatic imine (C=N–C) groups is 1. The Hall–Kier alpha value is -2.20. The first-order valence-corrected chi connectivity index (χ1v) is 10.4. The van der Waals surface area contributed by atoms with Crippen LogP contribution in [-0.4, -0.2) is 37.7 Å². The standard InChI is InChI=1S/C23H29FN4O2.HI/c1-2-25-23(26-12-11-17-6-3-8-19(24)14-17)27-16-18-7-4-9-20(15-18)28-22(29)21-10-5-13-30-21;/h3-4,6-9,14-15,21H,2,5,10-13,16H2,1H3,(H,28,29)(H2,25,26,27);1H. The summed E-state index contributed by atoms with van der Waals surface area (Å²) in [5.41, 5.74) is 2.67. The van der Waals surface area contributed by atoms with Gasteiger partial charge in [-0.25, -0.2) is 9.38 Å². The molecule has 0 aromatic heterocycles. The van der Waals surface area contributed by atoms with Gasteiger partial charge in [0.15, 0.2) is 5.96 Å². The first-order valence-electron chi connectivity index (χ1n) is 10.4. The van der Waals surface area contributed by atoms with E-state index >= 15 is 0 Å². The van der Waals surface area contributed by atoms with E-state index in [4.69, 9.17) is 4.74 Å². The van der Waals surface area contributed by atoms with Crippen molar-refractivity contribution < 1.29 is 13.9 Å². The molecule has 31 heavy (non-hydrogen) atoms. The van der Waals surface area contributed by atoms with Crippen LogP contribution >= 0.6 is 24.0 Å². The van der Waals surface area contributed by atoms with Crippen molar-refractivity contribution >= 4 is 41.5 Å². The van der Waals surface area contributed by atoms with E-state index in [0.29, 0.717) is 32.1 Å². The molecule has 168 valence electrons. The first-order chi connectivity index (χ1) is 14.6. The minimum Gasteiger partial charge on any atom is -0.368 e. The van der Waals surface area contributed by atoms with Crippen molar-refractivity contribution in [3.63, 3.8) is 0 Å². The fourth-order valence-corrected chi connectivity index (χ4v) is 3.28. The van der Waals surface area contributed by atoms with E-state index in [1.165, 1.54) is 6.07 Å². The van der Waals surface area contributed by atoms with E-state index in [1.54, 1.807) is 12.1 Å². The summed E-state index contributed by atoms with van der Waals surface area (Å²) in [6.45, 7) is 4.51. The van der Waals surface area contributed by atoms with E-state index < -0.39 is 0 Å². The van der Waals surface area contributed by atoms with E-state index in [1.807, 2.05) is 37.3 Å². The third kappa shape index (κ3) is 8.45. The highest BCUT2D eigenvalue weighted by Gasteiger charge is 2.23. The first kappa shape index (κ1) is 25.1. The molecule has 8 heteroatoms. The van der Waals surface area contributed by atoms with Crippen LogP contribution in [0.1, 0.15) is 30.9 Å². The minimum atomic E-state index is -0.352. The zero-order valence-electron chi connectivity index (χ0n) is 17.7. The molecule has 1 heterocycles. The molecule has 1 atom stereocenters. The van der Waals surface area contributed by atoms with E-state index in [-0.39, 0.29) is 41.8 Å². The molecule has 1 saturated heterocycles. The van der Waals surface area contributed by atoms with Gasteiger partial charge in [-0.05, 0) is 61.6 Å². The van der Waals surface area contributed by atoms with Crippen LogP contribution in [0.4, 0.5) is 10.1 Å². The number of ether oxygens (including phenoxy) is 1. The summed E-state index contributed by atoms with van der Waals surface area (Å²) in [6, 6.07) is 14.3. The van der Waals surface area contributed by atoms with Crippen LogP contribution in [0.5, 0.6) is 0 Å². The molecule has 2 aromatic carbocycles. The number of rotatable bonds is 8. The molecule has 0 aliphatic carbocycles. The summed E-state index contributed by atoms with van der Waals surface area (Å²) in [4.78, 5) is 16.8. The van der Waals surface area contributed by atoms with Gasteiger partial charge in [-0.15, -0.1) is 24.0 Å². The van der Waals surface area contributed by atoms with E-state index in [9.17, 15) is 9.18 Å². The molecule has 1 aliphatic rings. The minimum absolute atomic E-state index is 0. The highest BCUT2D eigenvalue weighted by molar-refractivity contribution is 14.0. The molecule has 0 radical (unpaired) electrons. The highest BCUT2D eigenvalue weighted by Crippen LogP contribution is 2.16. The van der Waals surface area contributed by atoms with Crippen LogP contribution in [0.25, 0.3) is 0 Å². The molecule has 6 nitrogen and oxygen atoms in total. The lowest BCUT2D eigenvalue weighted by molar-refractivity contribution is -0.124. The zero-order chi connectivity index (χ0) is 21.2. The average Bonchev–Trinajstić information content (AvgIpc) is 3.27. The number of benzene rings is 2. The number of hydrogen-bond acceptors (Lipinski definition) is 3. The van der Waals surface area contributed by atoms with Gasteiger partial charge in [0.05, 0.1) is 6.54 Å². The smallest absolute Gasteiger partial charge is 0.253 e. The van der Waals surface area contributed by atoms with Crippen LogP contribution in [-0.2, 0) is 22.5 Å². The molecule has 0 saturated carbocycles. The Morgan fingerprint density at radius 1 is 1.16 bits per heavy atom. The van der Waals surface area contributed by atoms with Gasteiger partial charge in [0.1, 0.15) is 11.9 Å². The van der Waals surface area contributed by atoms with Gasteiger partial charge in [-0.3, -0.25) is 4.79 Å². The van der Waals surface area contributed by atoms with Crippen molar-refractivity contribution in [3.8, 4) is 0 Å². The highest BCUT2D eigenvalue weighted by atomic mass is 127. The molecule has 0 spiro atoms. The Labute approximate surface area is 200 Å². The monoisotopic (exact) mass is 540 g/mol. The molecular formula is C23H30FIN4O2. The van der Waals surface area contributed by atoms with Crippen molar-refractivity contribution in [1.82, 2.24) is 10.6 Å². The maximum atomic E-state index is 13.3. The second kappa shape index (κ2) is 13.3. The lowest BCUT2D eigenvalue weighted by atomic mass is 10.1. The third-order valence-corrected chi connectivity index (χ3v) is 4.78. The molecule has 1 unspecified atom stereocenters. The zero-order valence-corrected chi connectivity index (χ0v) is 20.0. The maximum absolute atomic E-state index is 13.3. The lowest BCUT2D eigenvalue weighted by Gasteiger charge is -2.12. The predicted molar refractivity (Wildman–Crippen MR) is 132 cm³/mol. The second-order valence-electron chi connectivity index (χ2n) is 7.19. The summed E-state index contributed by atoms with van der Waals surface area (Å²) in [6.07, 6.45) is 2.04. The fourth-order valence-electron chi connectivity index (χ4n) is 3.28. The lowest BCUT2D eigenvalue weighted by Crippen LogP contribution is -2.38. The van der Waals surface area contributed by atoms with Crippen molar-refractivity contribution in [1.29, 1.82) is 0 Å². The largest absolute Gasteiger partial charge is 0.368 e. The summed E-state index contributed by atoms with van der Waals surface area (Å²) < 4.78 is 18.7. The molecule has 0 bridgehead atoms. The van der Waals surface area contributed by atoms with Gasteiger partial charge in [-0.1, -0.05) is 24.3 Å². The van der Waals surface area contributed by atoms with Crippen LogP contribution in [0.15, 0.2) is 53.5 Å². The van der Waals surface area contributed by atoms with Gasteiger partial charge in [-0.2, -0.15) is 0 Å². The van der Waals surface area contributed by atoms with E-state index in [2.05, 4.69) is 20.9 Å². The van der Waals surface area contributed by atoms with Crippen molar-refractivity contribution in [2.24, 2.45) is 4.99 Å². The van der Waals surface area contributed by atoms with Crippen molar-refractivity contribution in [2.45, 2.75) is 38.8 Å². The van der Waals surface area contributed by atoms with Crippen LogP contribution in [0, 0.1) is 5.82 Å². The number of carbonyl (C=O) groups excluding carboxylic acids is 1. The van der Waals surface area contributed by atoms with Crippen LogP contribution in [0.3, 0.4) is 0 Å². The Morgan fingerprint density at radius 2 is 1.97 bits per heavy atom.